The van der Waals surface area contributed by atoms with Crippen molar-refractivity contribution < 1.29 is 19.2 Å². The number of methoxy groups -OCH3 is 2. The first kappa shape index (κ1) is 22.0. The van der Waals surface area contributed by atoms with Crippen molar-refractivity contribution in [1.82, 2.24) is 10.6 Å². The number of ether oxygens (including phenoxy) is 2. The first-order valence-electron chi connectivity index (χ1n) is 10.7. The number of fused-ring (bicyclic) bond motifs is 1. The normalized spacial score (nSPS) is 18.8. The van der Waals surface area contributed by atoms with Crippen LogP contribution in [0.3, 0.4) is 0 Å². The third-order valence-corrected chi connectivity index (χ3v) is 5.80. The highest BCUT2D eigenvalue weighted by molar-refractivity contribution is 5.74. The zero-order chi connectivity index (χ0) is 21.5. The van der Waals surface area contributed by atoms with E-state index in [-0.39, 0.29) is 18.1 Å². The summed E-state index contributed by atoms with van der Waals surface area (Å²) in [6.45, 7) is 6.71. The maximum Gasteiger partial charge on any atom is 0.315 e. The molecule has 3 atom stereocenters. The molecule has 6 nitrogen and oxygen atoms in total. The van der Waals surface area contributed by atoms with E-state index in [4.69, 9.17) is 9.47 Å². The van der Waals surface area contributed by atoms with Gasteiger partial charge in [0.2, 0.25) is 0 Å². The van der Waals surface area contributed by atoms with Crippen molar-refractivity contribution in [1.29, 1.82) is 0 Å². The van der Waals surface area contributed by atoms with Gasteiger partial charge >= 0.3 is 6.03 Å². The Morgan fingerprint density at radius 1 is 1.17 bits per heavy atom. The molecule has 1 heterocycles. The molecular weight excluding hydrogens is 378 g/mol. The SMILES string of the molecule is CCCNC(=O)N[C@H](C)[C@H]1c2cc(OC)c(OC)cc2CC[NH+]1Cc1ccccc1. The lowest BCUT2D eigenvalue weighted by Gasteiger charge is -2.38. The van der Waals surface area contributed by atoms with E-state index in [2.05, 4.69) is 54.0 Å². The summed E-state index contributed by atoms with van der Waals surface area (Å²) in [6, 6.07) is 14.7. The maximum absolute atomic E-state index is 12.4. The van der Waals surface area contributed by atoms with Crippen molar-refractivity contribution in [2.24, 2.45) is 0 Å². The first-order valence-corrected chi connectivity index (χ1v) is 10.7. The van der Waals surface area contributed by atoms with Crippen LogP contribution in [-0.2, 0) is 13.0 Å². The van der Waals surface area contributed by atoms with E-state index < -0.39 is 0 Å². The van der Waals surface area contributed by atoms with Gasteiger partial charge in [-0.2, -0.15) is 0 Å². The maximum atomic E-state index is 12.4. The van der Waals surface area contributed by atoms with E-state index in [0.717, 1.165) is 37.4 Å². The molecule has 0 aromatic heterocycles. The van der Waals surface area contributed by atoms with Gasteiger partial charge in [-0.3, -0.25) is 0 Å². The predicted octanol–water partition coefficient (Wildman–Crippen LogP) is 2.48. The molecule has 1 aliphatic rings. The fourth-order valence-electron chi connectivity index (χ4n) is 4.37. The number of nitrogens with one attached hydrogen (secondary N) is 3. The zero-order valence-corrected chi connectivity index (χ0v) is 18.5. The second kappa shape index (κ2) is 10.3. The smallest absolute Gasteiger partial charge is 0.315 e. The lowest BCUT2D eigenvalue weighted by atomic mass is 9.87. The molecule has 2 amide bonds. The second-order valence-corrected chi connectivity index (χ2v) is 7.89. The van der Waals surface area contributed by atoms with Crippen LogP contribution in [0.15, 0.2) is 42.5 Å². The molecule has 3 rings (SSSR count). The van der Waals surface area contributed by atoms with Crippen molar-refractivity contribution in [3.63, 3.8) is 0 Å². The van der Waals surface area contributed by atoms with Crippen LogP contribution >= 0.6 is 0 Å². The van der Waals surface area contributed by atoms with Crippen molar-refractivity contribution >= 4 is 6.03 Å². The molecule has 0 fully saturated rings. The topological polar surface area (TPSA) is 64.0 Å². The molecule has 0 radical (unpaired) electrons. The lowest BCUT2D eigenvalue weighted by molar-refractivity contribution is -0.948. The van der Waals surface area contributed by atoms with Crippen molar-refractivity contribution in [3.8, 4) is 11.5 Å². The van der Waals surface area contributed by atoms with Crippen LogP contribution < -0.4 is 25.0 Å². The van der Waals surface area contributed by atoms with Crippen LogP contribution in [0.1, 0.15) is 43.0 Å². The number of amides is 2. The monoisotopic (exact) mass is 412 g/mol. The van der Waals surface area contributed by atoms with E-state index in [0.29, 0.717) is 6.54 Å². The molecule has 162 valence electrons. The van der Waals surface area contributed by atoms with Gasteiger partial charge in [-0.15, -0.1) is 0 Å². The lowest BCUT2D eigenvalue weighted by Crippen LogP contribution is -3.13. The minimum atomic E-state index is -0.115. The van der Waals surface area contributed by atoms with Gasteiger partial charge in [0.15, 0.2) is 11.5 Å². The van der Waals surface area contributed by atoms with E-state index >= 15 is 0 Å². The van der Waals surface area contributed by atoms with Crippen molar-refractivity contribution in [3.05, 3.63) is 59.2 Å². The Kier molecular flexibility index (Phi) is 7.57. The summed E-state index contributed by atoms with van der Waals surface area (Å²) < 4.78 is 11.1. The van der Waals surface area contributed by atoms with Crippen LogP contribution in [0.2, 0.25) is 0 Å². The van der Waals surface area contributed by atoms with Crippen LogP contribution in [0.5, 0.6) is 11.5 Å². The molecule has 30 heavy (non-hydrogen) atoms. The molecule has 6 heteroatoms. The minimum Gasteiger partial charge on any atom is -0.493 e. The fourth-order valence-corrected chi connectivity index (χ4v) is 4.37. The molecule has 3 N–H and O–H groups in total. The Morgan fingerprint density at radius 2 is 1.87 bits per heavy atom. The van der Waals surface area contributed by atoms with Gasteiger partial charge < -0.3 is 25.0 Å². The molecule has 0 saturated carbocycles. The van der Waals surface area contributed by atoms with Gasteiger partial charge in [0.1, 0.15) is 12.6 Å². The van der Waals surface area contributed by atoms with Crippen LogP contribution in [0, 0.1) is 0 Å². The number of quaternary nitrogens is 1. The minimum absolute atomic E-state index is 0.0438. The fraction of sp³-hybridized carbons (Fsp3) is 0.458. The van der Waals surface area contributed by atoms with Gasteiger partial charge in [-0.05, 0) is 31.0 Å². The second-order valence-electron chi connectivity index (χ2n) is 7.89. The summed E-state index contributed by atoms with van der Waals surface area (Å²) in [6.07, 6.45) is 1.87. The predicted molar refractivity (Wildman–Crippen MR) is 118 cm³/mol. The van der Waals surface area contributed by atoms with Gasteiger partial charge in [0, 0.05) is 24.1 Å². The summed E-state index contributed by atoms with van der Waals surface area (Å²) in [7, 11) is 3.33. The number of rotatable bonds is 8. The average molecular weight is 413 g/mol. The number of hydrogen-bond donors (Lipinski definition) is 3. The van der Waals surface area contributed by atoms with E-state index in [1.165, 1.54) is 21.6 Å². The number of urea groups is 1. The standard InChI is InChI=1S/C24H33N3O3/c1-5-12-25-24(28)26-17(2)23-20-15-22(30-4)21(29-3)14-19(20)11-13-27(23)16-18-9-7-6-8-10-18/h6-10,14-15,17,23H,5,11-13,16H2,1-4H3,(H2,25,26,28)/p+1/t17-,23+/m1/s1. The van der Waals surface area contributed by atoms with Crippen LogP contribution in [0.4, 0.5) is 4.79 Å². The third kappa shape index (κ3) is 5.05. The summed E-state index contributed by atoms with van der Waals surface area (Å²) in [5, 5.41) is 6.09. The van der Waals surface area contributed by atoms with Gasteiger partial charge in [-0.25, -0.2) is 4.79 Å². The third-order valence-electron chi connectivity index (χ3n) is 5.80. The zero-order valence-electron chi connectivity index (χ0n) is 18.5. The molecular formula is C24H34N3O3+. The van der Waals surface area contributed by atoms with Gasteiger partial charge in [0.25, 0.3) is 0 Å². The molecule has 0 spiro atoms. The summed E-state index contributed by atoms with van der Waals surface area (Å²) >= 11 is 0. The molecule has 0 bridgehead atoms. The van der Waals surface area contributed by atoms with Crippen LogP contribution in [0.25, 0.3) is 0 Å². The van der Waals surface area contributed by atoms with Gasteiger partial charge in [0.05, 0.1) is 26.8 Å². The van der Waals surface area contributed by atoms with Crippen LogP contribution in [-0.4, -0.2) is 39.4 Å². The molecule has 1 unspecified atom stereocenters. The highest BCUT2D eigenvalue weighted by atomic mass is 16.5. The Labute approximate surface area is 179 Å². The Hall–Kier alpha value is -2.73. The first-order chi connectivity index (χ1) is 14.6. The van der Waals surface area contributed by atoms with Crippen molar-refractivity contribution in [2.45, 2.75) is 45.3 Å². The molecule has 2 aromatic carbocycles. The highest BCUT2D eigenvalue weighted by Gasteiger charge is 2.37. The Morgan fingerprint density at radius 3 is 2.53 bits per heavy atom. The average Bonchev–Trinajstić information content (AvgIpc) is 2.77. The summed E-state index contributed by atoms with van der Waals surface area (Å²) in [4.78, 5) is 13.8. The highest BCUT2D eigenvalue weighted by Crippen LogP contribution is 2.35. The number of benzene rings is 2. The largest absolute Gasteiger partial charge is 0.493 e. The summed E-state index contributed by atoms with van der Waals surface area (Å²) in [5.74, 6) is 1.48. The molecule has 0 aliphatic carbocycles. The number of hydrogen-bond acceptors (Lipinski definition) is 3. The van der Waals surface area contributed by atoms with Crippen molar-refractivity contribution in [2.75, 3.05) is 27.3 Å². The summed E-state index contributed by atoms with van der Waals surface area (Å²) in [5.41, 5.74) is 3.77. The van der Waals surface area contributed by atoms with E-state index in [1.807, 2.05) is 13.0 Å². The van der Waals surface area contributed by atoms with E-state index in [1.54, 1.807) is 14.2 Å². The molecule has 0 saturated heterocycles. The molecule has 2 aromatic rings. The Bertz CT molecular complexity index is 841. The quantitative estimate of drug-likeness (QED) is 0.624. The number of carbonyl (C=O) groups excluding carboxylic acids is 1. The number of carbonyl (C=O) groups is 1. The Balaban J connectivity index is 1.93. The van der Waals surface area contributed by atoms with Gasteiger partial charge in [-0.1, -0.05) is 37.3 Å². The molecule has 1 aliphatic heterocycles. The van der Waals surface area contributed by atoms with E-state index in [9.17, 15) is 4.79 Å².